The number of fused-ring (bicyclic) bond motifs is 1. The molecule has 1 aromatic carbocycles. The molecule has 0 aromatic heterocycles. The average Bonchev–Trinajstić information content (AvgIpc) is 2.50. The Labute approximate surface area is 101 Å². The van der Waals surface area contributed by atoms with Crippen LogP contribution in [0, 0.1) is 0 Å². The van der Waals surface area contributed by atoms with E-state index < -0.39 is 17.5 Å². The summed E-state index contributed by atoms with van der Waals surface area (Å²) in [7, 11) is 0. The highest BCUT2D eigenvalue weighted by Gasteiger charge is 2.38. The highest BCUT2D eigenvalue weighted by atomic mass is 16.6. The molecule has 0 radical (unpaired) electrons. The van der Waals surface area contributed by atoms with Gasteiger partial charge in [-0.2, -0.15) is 0 Å². The van der Waals surface area contributed by atoms with Crippen LogP contribution in [0.4, 0.5) is 0 Å². The minimum absolute atomic E-state index is 0.0690. The second kappa shape index (κ2) is 3.99. The van der Waals surface area contributed by atoms with Gasteiger partial charge in [-0.15, -0.1) is 0 Å². The quantitative estimate of drug-likeness (QED) is 0.551. The zero-order valence-electron chi connectivity index (χ0n) is 10.3. The zero-order valence-corrected chi connectivity index (χ0v) is 10.3. The number of carbonyl (C=O) groups is 2. The highest BCUT2D eigenvalue weighted by Crippen LogP contribution is 2.32. The van der Waals surface area contributed by atoms with Crippen molar-refractivity contribution in [3.63, 3.8) is 0 Å². The van der Waals surface area contributed by atoms with Crippen molar-refractivity contribution in [3.8, 4) is 0 Å². The molecule has 0 saturated heterocycles. The summed E-state index contributed by atoms with van der Waals surface area (Å²) in [6.45, 7) is 5.41. The van der Waals surface area contributed by atoms with Gasteiger partial charge in [0.2, 0.25) is 0 Å². The summed E-state index contributed by atoms with van der Waals surface area (Å²) in [5.41, 5.74) is 1.18. The Bertz CT molecular complexity index is 469. The van der Waals surface area contributed by atoms with Crippen LogP contribution >= 0.6 is 0 Å². The summed E-state index contributed by atoms with van der Waals surface area (Å²) < 4.78 is 5.29. The Hall–Kier alpha value is -1.64. The van der Waals surface area contributed by atoms with Gasteiger partial charge in [0.1, 0.15) is 11.5 Å². The molecule has 0 aliphatic heterocycles. The normalized spacial score (nSPS) is 19.0. The summed E-state index contributed by atoms with van der Waals surface area (Å²) >= 11 is 0. The molecule has 0 fully saturated rings. The first-order chi connectivity index (χ1) is 7.88. The molecule has 0 saturated carbocycles. The molecule has 17 heavy (non-hydrogen) atoms. The van der Waals surface area contributed by atoms with Gasteiger partial charge in [-0.25, -0.2) is 0 Å². The first-order valence-corrected chi connectivity index (χ1v) is 5.72. The number of ketones is 1. The fraction of sp³-hybridized carbons (Fsp3) is 0.429. The first kappa shape index (κ1) is 11.8. The minimum atomic E-state index is -0.731. The molecule has 0 N–H and O–H groups in total. The molecule has 0 amide bonds. The van der Waals surface area contributed by atoms with Crippen molar-refractivity contribution in [3.05, 3.63) is 35.4 Å². The van der Waals surface area contributed by atoms with Crippen molar-refractivity contribution in [2.24, 2.45) is 0 Å². The van der Waals surface area contributed by atoms with Crippen molar-refractivity contribution in [1.29, 1.82) is 0 Å². The van der Waals surface area contributed by atoms with Crippen molar-refractivity contribution in [2.75, 3.05) is 0 Å². The zero-order chi connectivity index (χ0) is 12.6. The Morgan fingerprint density at radius 2 is 1.94 bits per heavy atom. The van der Waals surface area contributed by atoms with E-state index in [9.17, 15) is 9.59 Å². The second-order valence-corrected chi connectivity index (χ2v) is 5.31. The van der Waals surface area contributed by atoms with Crippen LogP contribution in [0.3, 0.4) is 0 Å². The van der Waals surface area contributed by atoms with Crippen LogP contribution in [0.2, 0.25) is 0 Å². The average molecular weight is 232 g/mol. The van der Waals surface area contributed by atoms with Gasteiger partial charge in [-0.3, -0.25) is 9.59 Å². The Balaban J connectivity index is 2.28. The Kier molecular flexibility index (Phi) is 2.77. The summed E-state index contributed by atoms with van der Waals surface area (Å²) in [6, 6.07) is 7.44. The standard InChI is InChI=1S/C14H16O3/c1-14(2,3)17-13(16)12-10-7-5-4-6-9(10)8-11(12)15/h4-7,12H,8H2,1-3H3. The molecule has 1 aromatic rings. The van der Waals surface area contributed by atoms with Crippen LogP contribution < -0.4 is 0 Å². The third-order valence-corrected chi connectivity index (χ3v) is 2.70. The van der Waals surface area contributed by atoms with Crippen LogP contribution in [0.5, 0.6) is 0 Å². The van der Waals surface area contributed by atoms with Crippen molar-refractivity contribution >= 4 is 11.8 Å². The lowest BCUT2D eigenvalue weighted by Gasteiger charge is -2.21. The fourth-order valence-electron chi connectivity index (χ4n) is 2.06. The summed E-state index contributed by atoms with van der Waals surface area (Å²) in [5, 5.41) is 0. The molecule has 90 valence electrons. The third kappa shape index (κ3) is 2.38. The van der Waals surface area contributed by atoms with Gasteiger partial charge in [0.05, 0.1) is 0 Å². The number of rotatable bonds is 1. The van der Waals surface area contributed by atoms with E-state index >= 15 is 0 Å². The molecule has 3 heteroatoms. The Morgan fingerprint density at radius 3 is 2.59 bits per heavy atom. The largest absolute Gasteiger partial charge is 0.459 e. The number of hydrogen-bond acceptors (Lipinski definition) is 3. The molecule has 1 aliphatic rings. The molecule has 0 bridgehead atoms. The van der Waals surface area contributed by atoms with Gasteiger partial charge in [0.15, 0.2) is 5.78 Å². The molecule has 1 unspecified atom stereocenters. The van der Waals surface area contributed by atoms with Crippen LogP contribution in [0.15, 0.2) is 24.3 Å². The smallest absolute Gasteiger partial charge is 0.321 e. The van der Waals surface area contributed by atoms with E-state index in [0.29, 0.717) is 6.42 Å². The maximum absolute atomic E-state index is 12.0. The number of Topliss-reactive ketones (excluding diaryl/α,β-unsaturated/α-hetero) is 1. The lowest BCUT2D eigenvalue weighted by atomic mass is 10.0. The van der Waals surface area contributed by atoms with E-state index in [0.717, 1.165) is 11.1 Å². The van der Waals surface area contributed by atoms with Gasteiger partial charge in [0, 0.05) is 6.42 Å². The van der Waals surface area contributed by atoms with Gasteiger partial charge < -0.3 is 4.74 Å². The molecular formula is C14H16O3. The number of esters is 1. The number of ether oxygens (including phenoxy) is 1. The molecule has 2 rings (SSSR count). The number of carbonyl (C=O) groups excluding carboxylic acids is 2. The Morgan fingerprint density at radius 1 is 1.29 bits per heavy atom. The van der Waals surface area contributed by atoms with Crippen LogP contribution in [-0.4, -0.2) is 17.4 Å². The van der Waals surface area contributed by atoms with E-state index in [1.165, 1.54) is 0 Å². The lowest BCUT2D eigenvalue weighted by Crippen LogP contribution is -2.29. The fourth-order valence-corrected chi connectivity index (χ4v) is 2.06. The van der Waals surface area contributed by atoms with E-state index in [-0.39, 0.29) is 5.78 Å². The van der Waals surface area contributed by atoms with E-state index in [1.54, 1.807) is 20.8 Å². The van der Waals surface area contributed by atoms with E-state index in [1.807, 2.05) is 24.3 Å². The molecular weight excluding hydrogens is 216 g/mol. The van der Waals surface area contributed by atoms with Gasteiger partial charge in [0.25, 0.3) is 0 Å². The van der Waals surface area contributed by atoms with Crippen LogP contribution in [-0.2, 0) is 20.7 Å². The van der Waals surface area contributed by atoms with E-state index in [2.05, 4.69) is 0 Å². The first-order valence-electron chi connectivity index (χ1n) is 5.72. The van der Waals surface area contributed by atoms with Crippen molar-refractivity contribution in [1.82, 2.24) is 0 Å². The maximum Gasteiger partial charge on any atom is 0.321 e. The van der Waals surface area contributed by atoms with Gasteiger partial charge >= 0.3 is 5.97 Å². The SMILES string of the molecule is CC(C)(C)OC(=O)C1C(=O)Cc2ccccc21. The lowest BCUT2D eigenvalue weighted by molar-refractivity contribution is -0.158. The summed E-state index contributed by atoms with van der Waals surface area (Å²) in [4.78, 5) is 23.8. The van der Waals surface area contributed by atoms with Crippen LogP contribution in [0.25, 0.3) is 0 Å². The van der Waals surface area contributed by atoms with Gasteiger partial charge in [-0.05, 0) is 31.9 Å². The minimum Gasteiger partial charge on any atom is -0.459 e. The summed E-state index contributed by atoms with van der Waals surface area (Å²) in [6.07, 6.45) is 0.333. The van der Waals surface area contributed by atoms with Crippen molar-refractivity contribution < 1.29 is 14.3 Å². The van der Waals surface area contributed by atoms with E-state index in [4.69, 9.17) is 4.74 Å². The molecule has 0 heterocycles. The topological polar surface area (TPSA) is 43.4 Å². The molecule has 3 nitrogen and oxygen atoms in total. The predicted octanol–water partition coefficient (Wildman–Crippen LogP) is 2.24. The predicted molar refractivity (Wildman–Crippen MR) is 63.7 cm³/mol. The maximum atomic E-state index is 12.0. The highest BCUT2D eigenvalue weighted by molar-refractivity contribution is 6.08. The van der Waals surface area contributed by atoms with Crippen molar-refractivity contribution in [2.45, 2.75) is 38.7 Å². The third-order valence-electron chi connectivity index (χ3n) is 2.70. The van der Waals surface area contributed by atoms with Crippen LogP contribution in [0.1, 0.15) is 37.8 Å². The second-order valence-electron chi connectivity index (χ2n) is 5.31. The summed E-state index contributed by atoms with van der Waals surface area (Å²) in [5.74, 6) is -1.24. The number of hydrogen-bond donors (Lipinski definition) is 0. The van der Waals surface area contributed by atoms with Gasteiger partial charge in [-0.1, -0.05) is 24.3 Å². The molecule has 0 spiro atoms. The molecule has 1 atom stereocenters. The molecule has 1 aliphatic carbocycles. The number of benzene rings is 1. The monoisotopic (exact) mass is 232 g/mol.